The number of hydrogen-bond donors (Lipinski definition) is 0. The number of rotatable bonds is 10. The summed E-state index contributed by atoms with van der Waals surface area (Å²) in [6.07, 6.45) is 0. The molecule has 0 saturated carbocycles. The summed E-state index contributed by atoms with van der Waals surface area (Å²) in [6, 6.07) is 101. The van der Waals surface area contributed by atoms with Crippen molar-refractivity contribution in [3.8, 4) is 27.9 Å². The fraction of sp³-hybridized carbons (Fsp3) is 0. The summed E-state index contributed by atoms with van der Waals surface area (Å²) in [7, 11) is -3.21. The summed E-state index contributed by atoms with van der Waals surface area (Å²) in [4.78, 5) is 2.34. The van der Waals surface area contributed by atoms with Crippen LogP contribution in [-0.4, -0.2) is 4.57 Å². The van der Waals surface area contributed by atoms with Crippen molar-refractivity contribution in [3.05, 3.63) is 307 Å². The second kappa shape index (κ2) is 18.1. The van der Waals surface area contributed by atoms with Gasteiger partial charge in [0, 0.05) is 49.4 Å². The fourth-order valence-corrected chi connectivity index (χ4v) is 13.6. The van der Waals surface area contributed by atoms with Gasteiger partial charge in [-0.2, -0.15) is 0 Å². The lowest BCUT2D eigenvalue weighted by atomic mass is 9.88. The maximum atomic E-state index is 15.6. The lowest BCUT2D eigenvalue weighted by molar-refractivity contribution is 0.592. The Bertz CT molecular complexity index is 3930. The number of aromatic nitrogens is 1. The monoisotopic (exact) mass is 938 g/mol. The molecule has 0 bridgehead atoms. The van der Waals surface area contributed by atoms with E-state index in [-0.39, 0.29) is 0 Å². The summed E-state index contributed by atoms with van der Waals surface area (Å²) >= 11 is 0. The molecule has 0 fully saturated rings. The van der Waals surface area contributed by atoms with E-state index in [4.69, 9.17) is 0 Å². The van der Waals surface area contributed by atoms with Crippen molar-refractivity contribution in [2.45, 2.75) is 0 Å². The molecule has 0 radical (unpaired) electrons. The van der Waals surface area contributed by atoms with Crippen molar-refractivity contribution in [1.29, 1.82) is 0 Å². The van der Waals surface area contributed by atoms with Gasteiger partial charge in [0.1, 0.15) is 0 Å². The fourth-order valence-electron chi connectivity index (χ4n) is 10.9. The van der Waals surface area contributed by atoms with Gasteiger partial charge in [0.25, 0.3) is 0 Å². The summed E-state index contributed by atoms with van der Waals surface area (Å²) in [6.45, 7) is 0. The summed E-state index contributed by atoms with van der Waals surface area (Å²) in [5.41, 5.74) is 18.3. The molecule has 13 rings (SSSR count). The third kappa shape index (κ3) is 7.33. The molecule has 0 N–H and O–H groups in total. The van der Waals surface area contributed by atoms with Crippen molar-refractivity contribution in [2.24, 2.45) is 0 Å². The van der Waals surface area contributed by atoms with Gasteiger partial charge in [0.05, 0.1) is 11.0 Å². The van der Waals surface area contributed by atoms with Crippen molar-refractivity contribution in [2.75, 3.05) is 4.90 Å². The minimum atomic E-state index is -3.21. The van der Waals surface area contributed by atoms with Crippen LogP contribution in [0.15, 0.2) is 285 Å². The highest BCUT2D eigenvalue weighted by Crippen LogP contribution is 2.51. The first-order chi connectivity index (χ1) is 35.6. The molecule has 0 unspecified atom stereocenters. The average Bonchev–Trinajstić information content (AvgIpc) is 3.96. The predicted octanol–water partition coefficient (Wildman–Crippen LogP) is 16.5. The average molecular weight is 939 g/mol. The molecule has 1 heterocycles. The first kappa shape index (κ1) is 43.0. The number of hydrogen-bond acceptors (Lipinski definition) is 2. The highest BCUT2D eigenvalue weighted by Gasteiger charge is 2.31. The van der Waals surface area contributed by atoms with E-state index in [0.29, 0.717) is 0 Å². The molecule has 72 heavy (non-hydrogen) atoms. The van der Waals surface area contributed by atoms with Crippen molar-refractivity contribution < 1.29 is 4.57 Å². The second-order valence-corrected chi connectivity index (χ2v) is 21.1. The molecular formula is C68H47N2OP. The zero-order valence-electron chi connectivity index (χ0n) is 39.4. The highest BCUT2D eigenvalue weighted by molar-refractivity contribution is 7.85. The molecule has 3 nitrogen and oxygen atoms in total. The van der Waals surface area contributed by atoms with E-state index >= 15 is 4.57 Å². The molecule has 340 valence electrons. The number of para-hydroxylation sites is 2. The van der Waals surface area contributed by atoms with Gasteiger partial charge >= 0.3 is 0 Å². The number of nitrogens with zero attached hydrogens (tertiary/aromatic N) is 2. The van der Waals surface area contributed by atoms with Gasteiger partial charge in [0.15, 0.2) is 7.14 Å². The first-order valence-electron chi connectivity index (χ1n) is 24.5. The molecule has 11 aromatic carbocycles. The summed E-state index contributed by atoms with van der Waals surface area (Å²) in [5, 5.41) is 4.85. The molecule has 1 aliphatic carbocycles. The van der Waals surface area contributed by atoms with Gasteiger partial charge in [-0.15, -0.1) is 0 Å². The van der Waals surface area contributed by atoms with Crippen LogP contribution in [0.3, 0.4) is 0 Å². The van der Waals surface area contributed by atoms with Crippen LogP contribution in [0.2, 0.25) is 0 Å². The predicted molar refractivity (Wildman–Crippen MR) is 304 cm³/mol. The first-order valence-corrected chi connectivity index (χ1v) is 26.2. The van der Waals surface area contributed by atoms with Crippen LogP contribution in [-0.2, 0) is 4.57 Å². The Balaban J connectivity index is 0.975. The van der Waals surface area contributed by atoms with E-state index < -0.39 is 7.14 Å². The third-order valence-corrected chi connectivity index (χ3v) is 17.3. The Morgan fingerprint density at radius 3 is 1.42 bits per heavy atom. The van der Waals surface area contributed by atoms with E-state index in [1.807, 2.05) is 60.7 Å². The normalized spacial score (nSPS) is 11.9. The summed E-state index contributed by atoms with van der Waals surface area (Å²) in [5.74, 6) is 0. The van der Waals surface area contributed by atoms with Crippen molar-refractivity contribution >= 4 is 73.1 Å². The minimum absolute atomic E-state index is 0.785. The third-order valence-electron chi connectivity index (χ3n) is 14.2. The quantitative estimate of drug-likeness (QED) is 0.128. The lowest BCUT2D eigenvalue weighted by Gasteiger charge is -2.27. The van der Waals surface area contributed by atoms with Crippen LogP contribution in [0, 0.1) is 0 Å². The van der Waals surface area contributed by atoms with E-state index in [0.717, 1.165) is 49.8 Å². The zero-order valence-corrected chi connectivity index (χ0v) is 40.3. The molecule has 0 aliphatic heterocycles. The smallest absolute Gasteiger partial charge is 0.171 e. The van der Waals surface area contributed by atoms with Gasteiger partial charge in [-0.1, -0.05) is 206 Å². The number of anilines is 3. The standard InChI is InChI=1S/C68H47N2OP/c71-72(56-26-12-4-13-27-56,57-28-14-5-15-29-57)58-42-39-54(40-43-58)69(53-37-34-48(35-38-53)51-36-45-66-63(46-51)61-31-18-19-33-65(61)70(66)52-24-10-3-11-25-52)55-41-44-60-59-30-16-17-32-62(59)68(64(60)47-55)67(49-20-6-1-7-21-49)50-22-8-2-9-23-50/h1-47H. The van der Waals surface area contributed by atoms with Gasteiger partial charge in [-0.05, 0) is 135 Å². The van der Waals surface area contributed by atoms with Crippen LogP contribution in [0.25, 0.3) is 60.9 Å². The molecular weight excluding hydrogens is 892 g/mol. The van der Waals surface area contributed by atoms with Crippen molar-refractivity contribution in [1.82, 2.24) is 4.57 Å². The number of fused-ring (bicyclic) bond motifs is 6. The Labute approximate surface area is 420 Å². The molecule has 0 saturated heterocycles. The van der Waals surface area contributed by atoms with E-state index in [9.17, 15) is 0 Å². The van der Waals surface area contributed by atoms with Crippen LogP contribution in [0.5, 0.6) is 0 Å². The largest absolute Gasteiger partial charge is 0.310 e. The summed E-state index contributed by atoms with van der Waals surface area (Å²) < 4.78 is 17.9. The van der Waals surface area contributed by atoms with Crippen LogP contribution in [0.4, 0.5) is 17.1 Å². The SMILES string of the molecule is O=P(c1ccccc1)(c1ccccc1)c1ccc(N(c2ccc(-c3ccc4c(c3)c3ccccc3n4-c3ccccc3)cc2)c2ccc3c(c2)C(=C(c2ccccc2)c2ccccc2)c2ccccc2-3)cc1. The minimum Gasteiger partial charge on any atom is -0.310 e. The van der Waals surface area contributed by atoms with Gasteiger partial charge in [-0.25, -0.2) is 0 Å². The Hall–Kier alpha value is -9.01. The molecule has 1 aromatic heterocycles. The molecule has 1 aliphatic rings. The van der Waals surface area contributed by atoms with Crippen LogP contribution < -0.4 is 20.8 Å². The Kier molecular flexibility index (Phi) is 10.8. The van der Waals surface area contributed by atoms with E-state index in [1.54, 1.807) is 0 Å². The van der Waals surface area contributed by atoms with E-state index in [2.05, 4.69) is 234 Å². The van der Waals surface area contributed by atoms with Gasteiger partial charge < -0.3 is 14.0 Å². The maximum absolute atomic E-state index is 15.6. The van der Waals surface area contributed by atoms with E-state index in [1.165, 1.54) is 66.3 Å². The number of benzene rings is 11. The van der Waals surface area contributed by atoms with Crippen molar-refractivity contribution in [3.63, 3.8) is 0 Å². The highest BCUT2D eigenvalue weighted by atomic mass is 31.2. The second-order valence-electron chi connectivity index (χ2n) is 18.4. The molecule has 0 spiro atoms. The van der Waals surface area contributed by atoms with Crippen LogP contribution >= 0.6 is 7.14 Å². The van der Waals surface area contributed by atoms with Gasteiger partial charge in [-0.3, -0.25) is 0 Å². The Morgan fingerprint density at radius 2 is 0.792 bits per heavy atom. The molecule has 0 atom stereocenters. The topological polar surface area (TPSA) is 25.2 Å². The van der Waals surface area contributed by atoms with Gasteiger partial charge in [0.2, 0.25) is 0 Å². The maximum Gasteiger partial charge on any atom is 0.171 e. The molecule has 0 amide bonds. The molecule has 4 heteroatoms. The molecule has 12 aromatic rings. The lowest BCUT2D eigenvalue weighted by Crippen LogP contribution is -2.25. The zero-order chi connectivity index (χ0) is 48.0. The Morgan fingerprint density at radius 1 is 0.333 bits per heavy atom. The van der Waals surface area contributed by atoms with Crippen LogP contribution in [0.1, 0.15) is 22.3 Å².